The molecule has 2 aromatic carbocycles. The summed E-state index contributed by atoms with van der Waals surface area (Å²) in [6, 6.07) is 17.2. The predicted molar refractivity (Wildman–Crippen MR) is 102 cm³/mol. The Morgan fingerprint density at radius 1 is 1.04 bits per heavy atom. The Bertz CT molecular complexity index is 767. The summed E-state index contributed by atoms with van der Waals surface area (Å²) in [5, 5.41) is 0. The Balaban J connectivity index is 1.57. The molecule has 142 valence electrons. The summed E-state index contributed by atoms with van der Waals surface area (Å²) >= 11 is 0. The Kier molecular flexibility index (Phi) is 6.47. The second kappa shape index (κ2) is 9.21. The Morgan fingerprint density at radius 3 is 2.48 bits per heavy atom. The standard InChI is InChI=1S/C22H25NO4/c1-2-26-22(25)18-11-13-23(14-12-18)21(24)19-9-6-10-20(15-19)27-16-17-7-4-3-5-8-17/h3-10,15,18H,2,11-14,16H2,1H3. The summed E-state index contributed by atoms with van der Waals surface area (Å²) in [4.78, 5) is 26.4. The van der Waals surface area contributed by atoms with Crippen LogP contribution < -0.4 is 4.74 Å². The molecule has 0 spiro atoms. The summed E-state index contributed by atoms with van der Waals surface area (Å²) in [6.07, 6.45) is 1.30. The fourth-order valence-electron chi connectivity index (χ4n) is 3.22. The van der Waals surface area contributed by atoms with E-state index < -0.39 is 0 Å². The van der Waals surface area contributed by atoms with Crippen molar-refractivity contribution in [3.8, 4) is 5.75 Å². The van der Waals surface area contributed by atoms with Crippen LogP contribution in [0.1, 0.15) is 35.7 Å². The van der Waals surface area contributed by atoms with Crippen LogP contribution in [0.3, 0.4) is 0 Å². The van der Waals surface area contributed by atoms with E-state index in [1.165, 1.54) is 0 Å². The Labute approximate surface area is 159 Å². The maximum absolute atomic E-state index is 12.8. The highest BCUT2D eigenvalue weighted by molar-refractivity contribution is 5.94. The number of hydrogen-bond donors (Lipinski definition) is 0. The minimum absolute atomic E-state index is 0.0255. The monoisotopic (exact) mass is 367 g/mol. The quantitative estimate of drug-likeness (QED) is 0.731. The minimum Gasteiger partial charge on any atom is -0.489 e. The fourth-order valence-corrected chi connectivity index (χ4v) is 3.22. The molecule has 5 nitrogen and oxygen atoms in total. The van der Waals surface area contributed by atoms with E-state index in [9.17, 15) is 9.59 Å². The van der Waals surface area contributed by atoms with E-state index in [1.807, 2.05) is 49.4 Å². The molecule has 1 saturated heterocycles. The van der Waals surface area contributed by atoms with Crippen LogP contribution in [-0.4, -0.2) is 36.5 Å². The van der Waals surface area contributed by atoms with Crippen molar-refractivity contribution in [2.45, 2.75) is 26.4 Å². The van der Waals surface area contributed by atoms with Crippen molar-refractivity contribution in [2.24, 2.45) is 5.92 Å². The molecule has 0 aliphatic carbocycles. The first kappa shape index (κ1) is 19.0. The van der Waals surface area contributed by atoms with Crippen molar-refractivity contribution in [3.05, 3.63) is 65.7 Å². The van der Waals surface area contributed by atoms with Gasteiger partial charge in [0.2, 0.25) is 0 Å². The number of amides is 1. The van der Waals surface area contributed by atoms with Crippen molar-refractivity contribution in [2.75, 3.05) is 19.7 Å². The summed E-state index contributed by atoms with van der Waals surface area (Å²) in [7, 11) is 0. The topological polar surface area (TPSA) is 55.8 Å². The number of ether oxygens (including phenoxy) is 2. The van der Waals surface area contributed by atoms with Gasteiger partial charge in [0.1, 0.15) is 12.4 Å². The van der Waals surface area contributed by atoms with Gasteiger partial charge < -0.3 is 14.4 Å². The first-order valence-corrected chi connectivity index (χ1v) is 9.40. The minimum atomic E-state index is -0.152. The lowest BCUT2D eigenvalue weighted by molar-refractivity contribution is -0.149. The molecule has 3 rings (SSSR count). The van der Waals surface area contributed by atoms with E-state index in [1.54, 1.807) is 17.0 Å². The van der Waals surface area contributed by atoms with Crippen LogP contribution in [0.2, 0.25) is 0 Å². The maximum atomic E-state index is 12.8. The maximum Gasteiger partial charge on any atom is 0.309 e. The van der Waals surface area contributed by atoms with E-state index >= 15 is 0 Å². The van der Waals surface area contributed by atoms with Crippen LogP contribution in [0.15, 0.2) is 54.6 Å². The number of benzene rings is 2. The lowest BCUT2D eigenvalue weighted by Crippen LogP contribution is -2.40. The third kappa shape index (κ3) is 5.09. The molecule has 27 heavy (non-hydrogen) atoms. The number of esters is 1. The van der Waals surface area contributed by atoms with Gasteiger partial charge in [-0.1, -0.05) is 36.4 Å². The molecule has 0 radical (unpaired) electrons. The van der Waals surface area contributed by atoms with E-state index in [0.29, 0.717) is 50.5 Å². The van der Waals surface area contributed by atoms with Gasteiger partial charge in [-0.2, -0.15) is 0 Å². The highest BCUT2D eigenvalue weighted by atomic mass is 16.5. The second-order valence-electron chi connectivity index (χ2n) is 6.62. The first-order valence-electron chi connectivity index (χ1n) is 9.40. The van der Waals surface area contributed by atoms with E-state index in [4.69, 9.17) is 9.47 Å². The van der Waals surface area contributed by atoms with Crippen molar-refractivity contribution in [1.29, 1.82) is 0 Å². The van der Waals surface area contributed by atoms with Crippen molar-refractivity contribution >= 4 is 11.9 Å². The van der Waals surface area contributed by atoms with Crippen LogP contribution in [0.25, 0.3) is 0 Å². The zero-order valence-corrected chi connectivity index (χ0v) is 15.6. The van der Waals surface area contributed by atoms with Crippen LogP contribution in [0, 0.1) is 5.92 Å². The third-order valence-corrected chi connectivity index (χ3v) is 4.73. The van der Waals surface area contributed by atoms with E-state index in [0.717, 1.165) is 5.56 Å². The van der Waals surface area contributed by atoms with Gasteiger partial charge in [0.05, 0.1) is 12.5 Å². The van der Waals surface area contributed by atoms with Crippen molar-refractivity contribution in [1.82, 2.24) is 4.90 Å². The number of likely N-dealkylation sites (tertiary alicyclic amines) is 1. The van der Waals surface area contributed by atoms with E-state index in [-0.39, 0.29) is 17.8 Å². The SMILES string of the molecule is CCOC(=O)C1CCN(C(=O)c2cccc(OCc3ccccc3)c2)CC1. The molecule has 1 amide bonds. The van der Waals surface area contributed by atoms with E-state index in [2.05, 4.69) is 0 Å². The summed E-state index contributed by atoms with van der Waals surface area (Å²) in [5.74, 6) is 0.393. The number of nitrogens with zero attached hydrogens (tertiary/aromatic N) is 1. The number of hydrogen-bond acceptors (Lipinski definition) is 4. The van der Waals surface area contributed by atoms with Gasteiger partial charge in [-0.25, -0.2) is 0 Å². The van der Waals surface area contributed by atoms with Gasteiger partial charge >= 0.3 is 5.97 Å². The van der Waals surface area contributed by atoms with Gasteiger partial charge in [0, 0.05) is 18.7 Å². The largest absolute Gasteiger partial charge is 0.489 e. The second-order valence-corrected chi connectivity index (χ2v) is 6.62. The highest BCUT2D eigenvalue weighted by Crippen LogP contribution is 2.22. The van der Waals surface area contributed by atoms with Crippen molar-refractivity contribution in [3.63, 3.8) is 0 Å². The molecular weight excluding hydrogens is 342 g/mol. The smallest absolute Gasteiger partial charge is 0.309 e. The molecular formula is C22H25NO4. The third-order valence-electron chi connectivity index (χ3n) is 4.73. The fraction of sp³-hybridized carbons (Fsp3) is 0.364. The molecule has 0 bridgehead atoms. The van der Waals surface area contributed by atoms with Crippen LogP contribution in [-0.2, 0) is 16.1 Å². The van der Waals surface area contributed by atoms with Gasteiger partial charge in [0.25, 0.3) is 5.91 Å². The summed E-state index contributed by atoms with van der Waals surface area (Å²) in [5.41, 5.74) is 1.69. The van der Waals surface area contributed by atoms with Gasteiger partial charge in [0.15, 0.2) is 0 Å². The van der Waals surface area contributed by atoms with Gasteiger partial charge in [-0.3, -0.25) is 9.59 Å². The van der Waals surface area contributed by atoms with Crippen LogP contribution in [0.5, 0.6) is 5.75 Å². The summed E-state index contributed by atoms with van der Waals surface area (Å²) < 4.78 is 10.9. The zero-order valence-electron chi connectivity index (χ0n) is 15.6. The zero-order chi connectivity index (χ0) is 19.1. The van der Waals surface area contributed by atoms with Crippen LogP contribution in [0.4, 0.5) is 0 Å². The Hall–Kier alpha value is -2.82. The number of rotatable bonds is 6. The predicted octanol–water partition coefficient (Wildman–Crippen LogP) is 3.68. The highest BCUT2D eigenvalue weighted by Gasteiger charge is 2.28. The lowest BCUT2D eigenvalue weighted by atomic mass is 9.96. The van der Waals surface area contributed by atoms with Gasteiger partial charge in [-0.15, -0.1) is 0 Å². The number of piperidine rings is 1. The molecule has 0 N–H and O–H groups in total. The normalized spacial score (nSPS) is 14.6. The average Bonchev–Trinajstić information content (AvgIpc) is 2.73. The molecule has 1 fully saturated rings. The number of carbonyl (C=O) groups is 2. The van der Waals surface area contributed by atoms with Crippen molar-refractivity contribution < 1.29 is 19.1 Å². The molecule has 0 atom stereocenters. The molecule has 0 saturated carbocycles. The van der Waals surface area contributed by atoms with Crippen LogP contribution >= 0.6 is 0 Å². The number of carbonyl (C=O) groups excluding carboxylic acids is 2. The lowest BCUT2D eigenvalue weighted by Gasteiger charge is -2.31. The molecule has 0 aromatic heterocycles. The molecule has 1 aliphatic rings. The first-order chi connectivity index (χ1) is 13.2. The molecule has 1 heterocycles. The Morgan fingerprint density at radius 2 is 1.78 bits per heavy atom. The average molecular weight is 367 g/mol. The molecule has 2 aromatic rings. The van der Waals surface area contributed by atoms with Gasteiger partial charge in [-0.05, 0) is 43.5 Å². The summed E-state index contributed by atoms with van der Waals surface area (Å²) in [6.45, 7) is 3.80. The molecule has 1 aliphatic heterocycles. The molecule has 5 heteroatoms. The molecule has 0 unspecified atom stereocenters.